The maximum atomic E-state index is 11.8. The van der Waals surface area contributed by atoms with E-state index >= 15 is 0 Å². The van der Waals surface area contributed by atoms with Crippen molar-refractivity contribution in [2.75, 3.05) is 6.61 Å². The molecule has 2 rings (SSSR count). The van der Waals surface area contributed by atoms with Crippen LogP contribution in [0, 0.1) is 6.92 Å². The molecule has 0 aliphatic carbocycles. The molecule has 0 aliphatic rings. The number of aliphatic hydroxyl groups is 1. The summed E-state index contributed by atoms with van der Waals surface area (Å²) in [6, 6.07) is 4.46. The number of carbonyl (C=O) groups excluding carboxylic acids is 1. The van der Waals surface area contributed by atoms with Gasteiger partial charge < -0.3 is 14.8 Å². The van der Waals surface area contributed by atoms with Gasteiger partial charge in [-0.15, -0.1) is 0 Å². The molecule has 17 heavy (non-hydrogen) atoms. The fourth-order valence-electron chi connectivity index (χ4n) is 1.46. The van der Waals surface area contributed by atoms with Gasteiger partial charge in [-0.25, -0.2) is 0 Å². The summed E-state index contributed by atoms with van der Waals surface area (Å²) in [5.74, 6) is 0.151. The molecule has 6 nitrogen and oxygen atoms in total. The van der Waals surface area contributed by atoms with Crippen molar-refractivity contribution in [2.45, 2.75) is 13.0 Å². The van der Waals surface area contributed by atoms with Gasteiger partial charge in [0.05, 0.1) is 12.9 Å². The molecule has 2 aromatic heterocycles. The summed E-state index contributed by atoms with van der Waals surface area (Å²) in [6.07, 6.45) is 1.49. The molecule has 90 valence electrons. The molecule has 0 fully saturated rings. The smallest absolute Gasteiger partial charge is 0.272 e. The third-order valence-corrected chi connectivity index (χ3v) is 2.31. The minimum absolute atomic E-state index is 0.233. The number of hydrogen-bond acceptors (Lipinski definition) is 4. The SMILES string of the molecule is Cc1cc(C(=O)NC(CO)c2ccco2)n[nH]1. The summed E-state index contributed by atoms with van der Waals surface area (Å²) >= 11 is 0. The van der Waals surface area contributed by atoms with Crippen molar-refractivity contribution >= 4 is 5.91 Å². The number of carbonyl (C=O) groups is 1. The van der Waals surface area contributed by atoms with Gasteiger partial charge in [-0.2, -0.15) is 5.10 Å². The lowest BCUT2D eigenvalue weighted by molar-refractivity contribution is 0.0902. The third-order valence-electron chi connectivity index (χ3n) is 2.31. The Kier molecular flexibility index (Phi) is 3.24. The molecule has 0 bridgehead atoms. The molecule has 1 unspecified atom stereocenters. The van der Waals surface area contributed by atoms with E-state index in [4.69, 9.17) is 4.42 Å². The highest BCUT2D eigenvalue weighted by Crippen LogP contribution is 2.13. The Morgan fingerprint density at radius 2 is 2.53 bits per heavy atom. The Morgan fingerprint density at radius 3 is 3.06 bits per heavy atom. The van der Waals surface area contributed by atoms with Crippen LogP contribution in [0.4, 0.5) is 0 Å². The maximum absolute atomic E-state index is 11.8. The molecule has 3 N–H and O–H groups in total. The Balaban J connectivity index is 2.07. The van der Waals surface area contributed by atoms with E-state index in [1.54, 1.807) is 25.1 Å². The fourth-order valence-corrected chi connectivity index (χ4v) is 1.46. The molecule has 0 saturated carbocycles. The van der Waals surface area contributed by atoms with E-state index in [0.29, 0.717) is 5.76 Å². The van der Waals surface area contributed by atoms with Crippen LogP contribution in [0.3, 0.4) is 0 Å². The van der Waals surface area contributed by atoms with Crippen LogP contribution in [-0.4, -0.2) is 27.8 Å². The largest absolute Gasteiger partial charge is 0.467 e. The van der Waals surface area contributed by atoms with Crippen molar-refractivity contribution in [3.8, 4) is 0 Å². The molecule has 0 saturated heterocycles. The molecular weight excluding hydrogens is 222 g/mol. The number of aryl methyl sites for hydroxylation is 1. The molecular formula is C11H13N3O3. The summed E-state index contributed by atoms with van der Waals surface area (Å²) < 4.78 is 5.13. The first-order valence-corrected chi connectivity index (χ1v) is 5.18. The molecule has 2 aromatic rings. The Bertz CT molecular complexity index is 490. The second-order valence-electron chi connectivity index (χ2n) is 3.66. The van der Waals surface area contributed by atoms with Crippen LogP contribution in [0.25, 0.3) is 0 Å². The minimum atomic E-state index is -0.561. The quantitative estimate of drug-likeness (QED) is 0.730. The molecule has 1 amide bonds. The number of hydrogen-bond donors (Lipinski definition) is 3. The van der Waals surface area contributed by atoms with E-state index in [2.05, 4.69) is 15.5 Å². The van der Waals surface area contributed by atoms with Crippen molar-refractivity contribution in [3.05, 3.63) is 41.6 Å². The Hall–Kier alpha value is -2.08. The van der Waals surface area contributed by atoms with Gasteiger partial charge >= 0.3 is 0 Å². The normalized spacial score (nSPS) is 12.4. The average molecular weight is 235 g/mol. The van der Waals surface area contributed by atoms with Crippen LogP contribution in [0.15, 0.2) is 28.9 Å². The maximum Gasteiger partial charge on any atom is 0.272 e. The number of nitrogens with one attached hydrogen (secondary N) is 2. The lowest BCUT2D eigenvalue weighted by Gasteiger charge is -2.12. The van der Waals surface area contributed by atoms with Crippen molar-refractivity contribution < 1.29 is 14.3 Å². The highest BCUT2D eigenvalue weighted by Gasteiger charge is 2.18. The Morgan fingerprint density at radius 1 is 1.71 bits per heavy atom. The predicted octanol–water partition coefficient (Wildman–Crippen LogP) is 0.775. The summed E-state index contributed by atoms with van der Waals surface area (Å²) in [7, 11) is 0. The number of aromatic nitrogens is 2. The van der Waals surface area contributed by atoms with Gasteiger partial charge in [0.1, 0.15) is 17.5 Å². The highest BCUT2D eigenvalue weighted by atomic mass is 16.3. The number of furan rings is 1. The van der Waals surface area contributed by atoms with Gasteiger partial charge in [0.25, 0.3) is 5.91 Å². The summed E-state index contributed by atoms with van der Waals surface area (Å²) in [4.78, 5) is 11.8. The zero-order chi connectivity index (χ0) is 12.3. The van der Waals surface area contributed by atoms with Gasteiger partial charge in [0, 0.05) is 5.69 Å². The third kappa shape index (κ3) is 2.54. The van der Waals surface area contributed by atoms with Crippen molar-refractivity contribution in [3.63, 3.8) is 0 Å². The average Bonchev–Trinajstić information content (AvgIpc) is 2.96. The number of nitrogens with zero attached hydrogens (tertiary/aromatic N) is 1. The zero-order valence-corrected chi connectivity index (χ0v) is 9.30. The monoisotopic (exact) mass is 235 g/mol. The number of rotatable bonds is 4. The van der Waals surface area contributed by atoms with Crippen LogP contribution in [0.1, 0.15) is 28.0 Å². The van der Waals surface area contributed by atoms with Gasteiger partial charge in [-0.3, -0.25) is 9.89 Å². The van der Waals surface area contributed by atoms with Gasteiger partial charge in [-0.05, 0) is 25.1 Å². The van der Waals surface area contributed by atoms with Crippen LogP contribution in [0.2, 0.25) is 0 Å². The van der Waals surface area contributed by atoms with E-state index in [0.717, 1.165) is 5.69 Å². The number of amides is 1. The van der Waals surface area contributed by atoms with E-state index < -0.39 is 6.04 Å². The number of H-pyrrole nitrogens is 1. The van der Waals surface area contributed by atoms with Crippen molar-refractivity contribution in [1.82, 2.24) is 15.5 Å². The van der Waals surface area contributed by atoms with Crippen LogP contribution in [-0.2, 0) is 0 Å². The van der Waals surface area contributed by atoms with Crippen LogP contribution < -0.4 is 5.32 Å². The summed E-state index contributed by atoms with van der Waals surface area (Å²) in [6.45, 7) is 1.57. The number of aliphatic hydroxyl groups excluding tert-OH is 1. The number of aromatic amines is 1. The minimum Gasteiger partial charge on any atom is -0.467 e. The van der Waals surface area contributed by atoms with Gasteiger partial charge in [0.2, 0.25) is 0 Å². The molecule has 0 aromatic carbocycles. The molecule has 0 aliphatic heterocycles. The van der Waals surface area contributed by atoms with Crippen molar-refractivity contribution in [1.29, 1.82) is 0 Å². The van der Waals surface area contributed by atoms with Crippen LogP contribution >= 0.6 is 0 Å². The standard InChI is InChI=1S/C11H13N3O3/c1-7-5-8(14-13-7)11(16)12-9(6-15)10-3-2-4-17-10/h2-5,9,15H,6H2,1H3,(H,12,16)(H,13,14). The lowest BCUT2D eigenvalue weighted by atomic mass is 10.2. The molecule has 0 radical (unpaired) electrons. The predicted molar refractivity (Wildman–Crippen MR) is 59.3 cm³/mol. The summed E-state index contributed by atoms with van der Waals surface area (Å²) in [5, 5.41) is 18.3. The van der Waals surface area contributed by atoms with Crippen LogP contribution in [0.5, 0.6) is 0 Å². The first kappa shape index (κ1) is 11.4. The van der Waals surface area contributed by atoms with E-state index in [1.807, 2.05) is 0 Å². The first-order chi connectivity index (χ1) is 8.20. The van der Waals surface area contributed by atoms with E-state index in [1.165, 1.54) is 6.26 Å². The first-order valence-electron chi connectivity index (χ1n) is 5.18. The van der Waals surface area contributed by atoms with Gasteiger partial charge in [-0.1, -0.05) is 0 Å². The fraction of sp³-hybridized carbons (Fsp3) is 0.273. The molecule has 2 heterocycles. The molecule has 1 atom stereocenters. The topological polar surface area (TPSA) is 91.2 Å². The highest BCUT2D eigenvalue weighted by molar-refractivity contribution is 5.92. The second kappa shape index (κ2) is 4.84. The van der Waals surface area contributed by atoms with E-state index in [9.17, 15) is 9.90 Å². The second-order valence-corrected chi connectivity index (χ2v) is 3.66. The van der Waals surface area contributed by atoms with Gasteiger partial charge in [0.15, 0.2) is 0 Å². The molecule has 0 spiro atoms. The lowest BCUT2D eigenvalue weighted by Crippen LogP contribution is -2.30. The Labute approximate surface area is 97.6 Å². The molecule has 6 heteroatoms. The van der Waals surface area contributed by atoms with E-state index in [-0.39, 0.29) is 18.2 Å². The summed E-state index contributed by atoms with van der Waals surface area (Å²) in [5.41, 5.74) is 1.08. The zero-order valence-electron chi connectivity index (χ0n) is 9.30. The van der Waals surface area contributed by atoms with Crippen molar-refractivity contribution in [2.24, 2.45) is 0 Å².